The molecule has 0 bridgehead atoms. The van der Waals surface area contributed by atoms with Crippen molar-refractivity contribution in [2.45, 2.75) is 31.1 Å². The number of hydrogen-bond acceptors (Lipinski definition) is 4. The van der Waals surface area contributed by atoms with Gasteiger partial charge in [0.2, 0.25) is 15.9 Å². The molecule has 6 nitrogen and oxygen atoms in total. The summed E-state index contributed by atoms with van der Waals surface area (Å²) in [4.78, 5) is 14.4. The molecule has 160 valence electrons. The molecular formula is C22H26FN3O3S. The van der Waals surface area contributed by atoms with Crippen LogP contribution >= 0.6 is 0 Å². The van der Waals surface area contributed by atoms with Crippen molar-refractivity contribution in [2.24, 2.45) is 0 Å². The standard InChI is InChI=1S/C22H26FN3O3S/c1-16-5-8-21(20(23)13-16)24-15-22(27)25-9-11-26(12-10-25)30(28,29)19-7-6-17-3-2-4-18(17)14-19/h5-8,13-14,24H,2-4,9-12,15H2,1H3. The lowest BCUT2D eigenvalue weighted by molar-refractivity contribution is -0.130. The van der Waals surface area contributed by atoms with Gasteiger partial charge in [-0.3, -0.25) is 4.79 Å². The van der Waals surface area contributed by atoms with E-state index < -0.39 is 15.8 Å². The number of nitrogens with zero attached hydrogens (tertiary/aromatic N) is 2. The Hall–Kier alpha value is -2.45. The van der Waals surface area contributed by atoms with Crippen LogP contribution in [0.2, 0.25) is 0 Å². The van der Waals surface area contributed by atoms with Crippen LogP contribution in [0.1, 0.15) is 23.1 Å². The number of rotatable bonds is 5. The number of sulfonamides is 1. The minimum atomic E-state index is -3.57. The lowest BCUT2D eigenvalue weighted by Crippen LogP contribution is -2.51. The van der Waals surface area contributed by atoms with E-state index in [0.717, 1.165) is 30.4 Å². The molecule has 30 heavy (non-hydrogen) atoms. The summed E-state index contributed by atoms with van der Waals surface area (Å²) in [6.45, 7) is 2.92. The Labute approximate surface area is 176 Å². The van der Waals surface area contributed by atoms with Crippen LogP contribution in [0.25, 0.3) is 0 Å². The number of benzene rings is 2. The summed E-state index contributed by atoms with van der Waals surface area (Å²) < 4.78 is 41.4. The number of nitrogens with one attached hydrogen (secondary N) is 1. The summed E-state index contributed by atoms with van der Waals surface area (Å²) in [5.41, 5.74) is 3.46. The molecule has 1 saturated heterocycles. The first-order valence-electron chi connectivity index (χ1n) is 10.2. The molecule has 1 heterocycles. The van der Waals surface area contributed by atoms with Crippen LogP contribution in [0.15, 0.2) is 41.3 Å². The van der Waals surface area contributed by atoms with Gasteiger partial charge in [0.25, 0.3) is 0 Å². The molecule has 2 aliphatic rings. The number of halogens is 1. The molecule has 0 saturated carbocycles. The third-order valence-electron chi connectivity index (χ3n) is 5.85. The normalized spacial score (nSPS) is 17.1. The number of carbonyl (C=O) groups is 1. The smallest absolute Gasteiger partial charge is 0.243 e. The van der Waals surface area contributed by atoms with Crippen molar-refractivity contribution in [3.8, 4) is 0 Å². The highest BCUT2D eigenvalue weighted by molar-refractivity contribution is 7.89. The van der Waals surface area contributed by atoms with E-state index in [1.165, 1.54) is 15.9 Å². The molecule has 1 aliphatic carbocycles. The van der Waals surface area contributed by atoms with Crippen molar-refractivity contribution in [1.82, 2.24) is 9.21 Å². The van der Waals surface area contributed by atoms with E-state index in [2.05, 4.69) is 5.32 Å². The Morgan fingerprint density at radius 2 is 1.77 bits per heavy atom. The zero-order valence-corrected chi connectivity index (χ0v) is 17.8. The highest BCUT2D eigenvalue weighted by atomic mass is 32.2. The average Bonchev–Trinajstić information content (AvgIpc) is 3.21. The van der Waals surface area contributed by atoms with Gasteiger partial charge in [0, 0.05) is 26.2 Å². The van der Waals surface area contributed by atoms with Crippen LogP contribution < -0.4 is 5.32 Å². The zero-order chi connectivity index (χ0) is 21.3. The van der Waals surface area contributed by atoms with Gasteiger partial charge in [-0.1, -0.05) is 12.1 Å². The van der Waals surface area contributed by atoms with Crippen LogP contribution in [-0.2, 0) is 27.7 Å². The molecule has 0 unspecified atom stereocenters. The van der Waals surface area contributed by atoms with E-state index in [1.807, 2.05) is 6.07 Å². The Morgan fingerprint density at radius 3 is 2.50 bits per heavy atom. The van der Waals surface area contributed by atoms with Gasteiger partial charge in [0.1, 0.15) is 5.82 Å². The second kappa shape index (κ2) is 8.35. The quantitative estimate of drug-likeness (QED) is 0.790. The minimum absolute atomic E-state index is 0.0302. The Kier molecular flexibility index (Phi) is 5.79. The summed E-state index contributed by atoms with van der Waals surface area (Å²) in [6, 6.07) is 10.2. The number of amides is 1. The number of aryl methyl sites for hydroxylation is 3. The molecule has 1 fully saturated rings. The molecule has 0 spiro atoms. The van der Waals surface area contributed by atoms with Crippen molar-refractivity contribution in [1.29, 1.82) is 0 Å². The van der Waals surface area contributed by atoms with Gasteiger partial charge >= 0.3 is 0 Å². The van der Waals surface area contributed by atoms with Gasteiger partial charge in [0.15, 0.2) is 0 Å². The second-order valence-corrected chi connectivity index (χ2v) is 9.84. The van der Waals surface area contributed by atoms with E-state index >= 15 is 0 Å². The molecule has 1 N–H and O–H groups in total. The third-order valence-corrected chi connectivity index (χ3v) is 7.75. The SMILES string of the molecule is Cc1ccc(NCC(=O)N2CCN(S(=O)(=O)c3ccc4c(c3)CCC4)CC2)c(F)c1. The van der Waals surface area contributed by atoms with Crippen molar-refractivity contribution in [3.63, 3.8) is 0 Å². The lowest BCUT2D eigenvalue weighted by atomic mass is 10.1. The number of hydrogen-bond donors (Lipinski definition) is 1. The lowest BCUT2D eigenvalue weighted by Gasteiger charge is -2.34. The fourth-order valence-corrected chi connectivity index (χ4v) is 5.56. The van der Waals surface area contributed by atoms with Crippen LogP contribution in [0.5, 0.6) is 0 Å². The Bertz CT molecular complexity index is 1060. The molecule has 0 radical (unpaired) electrons. The van der Waals surface area contributed by atoms with Crippen LogP contribution in [0.4, 0.5) is 10.1 Å². The summed E-state index contributed by atoms with van der Waals surface area (Å²) in [7, 11) is -3.57. The van der Waals surface area contributed by atoms with Crippen molar-refractivity contribution in [3.05, 3.63) is 58.9 Å². The highest BCUT2D eigenvalue weighted by Gasteiger charge is 2.30. The molecule has 1 aliphatic heterocycles. The topological polar surface area (TPSA) is 69.7 Å². The summed E-state index contributed by atoms with van der Waals surface area (Å²) in [5, 5.41) is 2.83. The van der Waals surface area contributed by atoms with Crippen molar-refractivity contribution < 1.29 is 17.6 Å². The predicted molar refractivity (Wildman–Crippen MR) is 113 cm³/mol. The van der Waals surface area contributed by atoms with Gasteiger partial charge < -0.3 is 10.2 Å². The van der Waals surface area contributed by atoms with Gasteiger partial charge in [0.05, 0.1) is 17.1 Å². The first-order chi connectivity index (χ1) is 14.3. The Morgan fingerprint density at radius 1 is 1.03 bits per heavy atom. The summed E-state index contributed by atoms with van der Waals surface area (Å²) in [5.74, 6) is -0.572. The first-order valence-corrected chi connectivity index (χ1v) is 11.7. The maximum Gasteiger partial charge on any atom is 0.243 e. The van der Waals surface area contributed by atoms with Gasteiger partial charge in [-0.15, -0.1) is 0 Å². The monoisotopic (exact) mass is 431 g/mol. The van der Waals surface area contributed by atoms with Gasteiger partial charge in [-0.25, -0.2) is 12.8 Å². The maximum absolute atomic E-state index is 13.9. The van der Waals surface area contributed by atoms with Crippen LogP contribution in [-0.4, -0.2) is 56.3 Å². The molecule has 0 aromatic heterocycles. The molecule has 0 atom stereocenters. The van der Waals surface area contributed by atoms with E-state index in [0.29, 0.717) is 18.0 Å². The first kappa shape index (κ1) is 20.8. The fourth-order valence-electron chi connectivity index (χ4n) is 4.08. The third kappa shape index (κ3) is 4.20. The molecule has 2 aromatic rings. The molecule has 4 rings (SSSR count). The maximum atomic E-state index is 13.9. The van der Waals surface area contributed by atoms with Crippen LogP contribution in [0.3, 0.4) is 0 Å². The van der Waals surface area contributed by atoms with Gasteiger partial charge in [-0.05, 0) is 67.1 Å². The zero-order valence-electron chi connectivity index (χ0n) is 17.0. The van der Waals surface area contributed by atoms with Crippen molar-refractivity contribution in [2.75, 3.05) is 38.0 Å². The van der Waals surface area contributed by atoms with Gasteiger partial charge in [-0.2, -0.15) is 4.31 Å². The molecule has 1 amide bonds. The number of carbonyl (C=O) groups excluding carboxylic acids is 1. The van der Waals surface area contributed by atoms with E-state index in [-0.39, 0.29) is 31.2 Å². The number of piperazine rings is 1. The molecule has 8 heteroatoms. The van der Waals surface area contributed by atoms with E-state index in [9.17, 15) is 17.6 Å². The van der Waals surface area contributed by atoms with E-state index in [1.54, 1.807) is 36.1 Å². The predicted octanol–water partition coefficient (Wildman–Crippen LogP) is 2.57. The summed E-state index contributed by atoms with van der Waals surface area (Å²) in [6.07, 6.45) is 3.01. The largest absolute Gasteiger partial charge is 0.374 e. The molecule has 2 aromatic carbocycles. The Balaban J connectivity index is 1.34. The number of anilines is 1. The number of fused-ring (bicyclic) bond motifs is 1. The van der Waals surface area contributed by atoms with Crippen molar-refractivity contribution >= 4 is 21.6 Å². The fraction of sp³-hybridized carbons (Fsp3) is 0.409. The highest BCUT2D eigenvalue weighted by Crippen LogP contribution is 2.26. The summed E-state index contributed by atoms with van der Waals surface area (Å²) >= 11 is 0. The van der Waals surface area contributed by atoms with Crippen LogP contribution in [0, 0.1) is 12.7 Å². The van der Waals surface area contributed by atoms with E-state index in [4.69, 9.17) is 0 Å². The molecular weight excluding hydrogens is 405 g/mol. The minimum Gasteiger partial charge on any atom is -0.374 e. The second-order valence-electron chi connectivity index (χ2n) is 7.91. The average molecular weight is 432 g/mol.